The van der Waals surface area contributed by atoms with Crippen LogP contribution < -0.4 is 0 Å². The third-order valence-electron chi connectivity index (χ3n) is 4.20. The topological polar surface area (TPSA) is 81.6 Å². The minimum absolute atomic E-state index is 0.0913. The largest absolute Gasteiger partial charge is 0.507 e. The van der Waals surface area contributed by atoms with Gasteiger partial charge in [0.2, 0.25) is 5.91 Å². The SMILES string of the molecule is O=C(Cc1ccc2[nH]cnc2c1)N1CCC(c2cc(Cl)ccc2O)=N1. The van der Waals surface area contributed by atoms with Gasteiger partial charge in [-0.2, -0.15) is 5.10 Å². The number of aromatic nitrogens is 2. The molecule has 1 aliphatic rings. The van der Waals surface area contributed by atoms with Crippen molar-refractivity contribution in [2.45, 2.75) is 12.8 Å². The van der Waals surface area contributed by atoms with Gasteiger partial charge in [0.1, 0.15) is 5.75 Å². The van der Waals surface area contributed by atoms with Gasteiger partial charge in [0.05, 0.1) is 36.0 Å². The molecule has 0 atom stereocenters. The number of aromatic amines is 1. The highest BCUT2D eigenvalue weighted by atomic mass is 35.5. The maximum Gasteiger partial charge on any atom is 0.247 e. The van der Waals surface area contributed by atoms with E-state index in [1.54, 1.807) is 18.5 Å². The Morgan fingerprint density at radius 2 is 2.16 bits per heavy atom. The van der Waals surface area contributed by atoms with E-state index in [1.165, 1.54) is 11.1 Å². The van der Waals surface area contributed by atoms with Crippen LogP contribution in [0.2, 0.25) is 5.02 Å². The van der Waals surface area contributed by atoms with Crippen LogP contribution in [0.15, 0.2) is 47.8 Å². The van der Waals surface area contributed by atoms with Crippen LogP contribution in [0.1, 0.15) is 17.5 Å². The lowest BCUT2D eigenvalue weighted by atomic mass is 10.1. The van der Waals surface area contributed by atoms with Crippen molar-refractivity contribution in [1.29, 1.82) is 0 Å². The van der Waals surface area contributed by atoms with Gasteiger partial charge in [-0.25, -0.2) is 9.99 Å². The van der Waals surface area contributed by atoms with Crippen LogP contribution in [0.5, 0.6) is 5.75 Å². The summed E-state index contributed by atoms with van der Waals surface area (Å²) in [6.07, 6.45) is 2.46. The summed E-state index contributed by atoms with van der Waals surface area (Å²) < 4.78 is 0. The molecule has 0 bridgehead atoms. The molecule has 0 spiro atoms. The van der Waals surface area contributed by atoms with Gasteiger partial charge in [-0.05, 0) is 35.9 Å². The number of carbonyl (C=O) groups excluding carboxylic acids is 1. The summed E-state index contributed by atoms with van der Waals surface area (Å²) in [5, 5.41) is 16.3. The summed E-state index contributed by atoms with van der Waals surface area (Å²) in [5.41, 5.74) is 3.89. The van der Waals surface area contributed by atoms with E-state index >= 15 is 0 Å². The lowest BCUT2D eigenvalue weighted by Gasteiger charge is -2.11. The molecular formula is C18H15ClN4O2. The molecule has 1 aromatic heterocycles. The second-order valence-electron chi connectivity index (χ2n) is 5.91. The lowest BCUT2D eigenvalue weighted by Crippen LogP contribution is -2.25. The molecule has 2 aromatic carbocycles. The zero-order chi connectivity index (χ0) is 17.4. The lowest BCUT2D eigenvalue weighted by molar-refractivity contribution is -0.130. The number of H-pyrrole nitrogens is 1. The van der Waals surface area contributed by atoms with Crippen LogP contribution in [0.4, 0.5) is 0 Å². The number of amides is 1. The van der Waals surface area contributed by atoms with E-state index in [1.807, 2.05) is 18.2 Å². The first-order valence-electron chi connectivity index (χ1n) is 7.89. The van der Waals surface area contributed by atoms with E-state index < -0.39 is 0 Å². The van der Waals surface area contributed by atoms with Crippen molar-refractivity contribution in [2.24, 2.45) is 5.10 Å². The van der Waals surface area contributed by atoms with E-state index in [4.69, 9.17) is 11.6 Å². The van der Waals surface area contributed by atoms with Crippen molar-refractivity contribution in [1.82, 2.24) is 15.0 Å². The number of rotatable bonds is 3. The van der Waals surface area contributed by atoms with E-state index in [0.29, 0.717) is 29.3 Å². The van der Waals surface area contributed by atoms with Gasteiger partial charge in [-0.1, -0.05) is 17.7 Å². The number of halogens is 1. The van der Waals surface area contributed by atoms with Crippen molar-refractivity contribution in [3.05, 3.63) is 58.9 Å². The molecule has 4 rings (SSSR count). The molecule has 1 amide bonds. The molecule has 6 nitrogen and oxygen atoms in total. The molecule has 0 radical (unpaired) electrons. The highest BCUT2D eigenvalue weighted by Gasteiger charge is 2.23. The number of nitrogens with zero attached hydrogens (tertiary/aromatic N) is 3. The fraction of sp³-hybridized carbons (Fsp3) is 0.167. The van der Waals surface area contributed by atoms with E-state index in [0.717, 1.165) is 16.6 Å². The second kappa shape index (κ2) is 6.22. The Kier molecular flexibility index (Phi) is 3.89. The number of hydrazone groups is 1. The Balaban J connectivity index is 1.53. The third-order valence-corrected chi connectivity index (χ3v) is 4.44. The van der Waals surface area contributed by atoms with Gasteiger partial charge in [0.25, 0.3) is 0 Å². The van der Waals surface area contributed by atoms with Gasteiger partial charge >= 0.3 is 0 Å². The first-order valence-corrected chi connectivity index (χ1v) is 8.27. The Labute approximate surface area is 148 Å². The quantitative estimate of drug-likeness (QED) is 0.758. The molecule has 126 valence electrons. The molecule has 1 aliphatic heterocycles. The number of nitrogens with one attached hydrogen (secondary N) is 1. The van der Waals surface area contributed by atoms with E-state index in [2.05, 4.69) is 15.1 Å². The fourth-order valence-corrected chi connectivity index (χ4v) is 3.09. The number of aromatic hydroxyl groups is 1. The van der Waals surface area contributed by atoms with Crippen LogP contribution in [-0.2, 0) is 11.2 Å². The number of fused-ring (bicyclic) bond motifs is 1. The van der Waals surface area contributed by atoms with E-state index in [-0.39, 0.29) is 18.1 Å². The monoisotopic (exact) mass is 354 g/mol. The Hall–Kier alpha value is -2.86. The maximum atomic E-state index is 12.5. The predicted octanol–water partition coefficient (Wildman–Crippen LogP) is 3.10. The highest BCUT2D eigenvalue weighted by molar-refractivity contribution is 6.31. The zero-order valence-corrected chi connectivity index (χ0v) is 14.0. The van der Waals surface area contributed by atoms with E-state index in [9.17, 15) is 9.90 Å². The molecule has 2 heterocycles. The molecule has 0 unspecified atom stereocenters. The highest BCUT2D eigenvalue weighted by Crippen LogP contribution is 2.26. The Morgan fingerprint density at radius 3 is 3.04 bits per heavy atom. The van der Waals surface area contributed by atoms with Crippen molar-refractivity contribution >= 4 is 34.3 Å². The van der Waals surface area contributed by atoms with Crippen LogP contribution in [0.3, 0.4) is 0 Å². The molecule has 0 saturated heterocycles. The van der Waals surface area contributed by atoms with Gasteiger partial charge in [-0.3, -0.25) is 4.79 Å². The number of imidazole rings is 1. The van der Waals surface area contributed by atoms with Gasteiger partial charge < -0.3 is 10.1 Å². The molecule has 3 aromatic rings. The summed E-state index contributed by atoms with van der Waals surface area (Å²) in [5.74, 6) is 0.0211. The smallest absolute Gasteiger partial charge is 0.247 e. The average molecular weight is 355 g/mol. The molecule has 2 N–H and O–H groups in total. The summed E-state index contributed by atoms with van der Waals surface area (Å²) in [6, 6.07) is 10.5. The molecule has 7 heteroatoms. The summed E-state index contributed by atoms with van der Waals surface area (Å²) in [7, 11) is 0. The normalized spacial score (nSPS) is 14.1. The number of phenols is 1. The zero-order valence-electron chi connectivity index (χ0n) is 13.2. The van der Waals surface area contributed by atoms with Crippen LogP contribution >= 0.6 is 11.6 Å². The minimum atomic E-state index is -0.0913. The van der Waals surface area contributed by atoms with Gasteiger partial charge in [0, 0.05) is 17.0 Å². The van der Waals surface area contributed by atoms with Crippen molar-refractivity contribution in [2.75, 3.05) is 6.54 Å². The summed E-state index contributed by atoms with van der Waals surface area (Å²) >= 11 is 5.98. The van der Waals surface area contributed by atoms with Gasteiger partial charge in [0.15, 0.2) is 0 Å². The molecular weight excluding hydrogens is 340 g/mol. The molecule has 25 heavy (non-hydrogen) atoms. The number of benzene rings is 2. The molecule has 0 aliphatic carbocycles. The maximum absolute atomic E-state index is 12.5. The summed E-state index contributed by atoms with van der Waals surface area (Å²) in [4.78, 5) is 19.8. The molecule has 0 saturated carbocycles. The van der Waals surface area contributed by atoms with Crippen LogP contribution in [0, 0.1) is 0 Å². The summed E-state index contributed by atoms with van der Waals surface area (Å²) in [6.45, 7) is 0.491. The Morgan fingerprint density at radius 1 is 1.28 bits per heavy atom. The molecule has 0 fully saturated rings. The van der Waals surface area contributed by atoms with Crippen LogP contribution in [0.25, 0.3) is 11.0 Å². The van der Waals surface area contributed by atoms with Gasteiger partial charge in [-0.15, -0.1) is 0 Å². The Bertz CT molecular complexity index is 996. The third kappa shape index (κ3) is 3.08. The van der Waals surface area contributed by atoms with Crippen molar-refractivity contribution in [3.8, 4) is 5.75 Å². The number of phenolic OH excluding ortho intramolecular Hbond substituents is 1. The first-order chi connectivity index (χ1) is 12.1. The number of carbonyl (C=O) groups is 1. The van der Waals surface area contributed by atoms with Crippen LogP contribution in [-0.4, -0.2) is 38.2 Å². The standard InChI is InChI=1S/C18H15ClN4O2/c19-12-2-4-17(24)13(9-12)14-5-6-23(22-14)18(25)8-11-1-3-15-16(7-11)21-10-20-15/h1-4,7,9-10,24H,5-6,8H2,(H,20,21). The van der Waals surface area contributed by atoms with Crippen molar-refractivity contribution < 1.29 is 9.90 Å². The number of hydrogen-bond acceptors (Lipinski definition) is 4. The second-order valence-corrected chi connectivity index (χ2v) is 6.34. The fourth-order valence-electron chi connectivity index (χ4n) is 2.92. The minimum Gasteiger partial charge on any atom is -0.507 e. The number of hydrogen-bond donors (Lipinski definition) is 2. The first kappa shape index (κ1) is 15.7. The predicted molar refractivity (Wildman–Crippen MR) is 95.8 cm³/mol. The van der Waals surface area contributed by atoms with Crippen molar-refractivity contribution in [3.63, 3.8) is 0 Å². The average Bonchev–Trinajstić information content (AvgIpc) is 3.25.